The Balaban J connectivity index is 2.88. The molecule has 0 saturated heterocycles. The van der Waals surface area contributed by atoms with Crippen LogP contribution in [0.15, 0.2) is 16.7 Å². The number of hydrogen-bond acceptors (Lipinski definition) is 3. The van der Waals surface area contributed by atoms with Crippen molar-refractivity contribution in [3.63, 3.8) is 0 Å². The van der Waals surface area contributed by atoms with Crippen LogP contribution >= 0.6 is 15.9 Å². The second kappa shape index (κ2) is 2.45. The van der Waals surface area contributed by atoms with Crippen molar-refractivity contribution in [2.24, 2.45) is 0 Å². The molecule has 0 atom stereocenters. The summed E-state index contributed by atoms with van der Waals surface area (Å²) in [6.45, 7) is 1.94. The number of nitrogens with zero attached hydrogens (tertiary/aromatic N) is 3. The van der Waals surface area contributed by atoms with Crippen LogP contribution in [0.2, 0.25) is 0 Å². The van der Waals surface area contributed by atoms with E-state index in [0.717, 1.165) is 15.9 Å². The number of fused-ring (bicyclic) bond motifs is 1. The van der Waals surface area contributed by atoms with Crippen molar-refractivity contribution in [2.75, 3.05) is 5.73 Å². The van der Waals surface area contributed by atoms with Gasteiger partial charge in [0.2, 0.25) is 0 Å². The van der Waals surface area contributed by atoms with Gasteiger partial charge in [0, 0.05) is 17.8 Å². The van der Waals surface area contributed by atoms with E-state index in [9.17, 15) is 0 Å². The predicted molar refractivity (Wildman–Crippen MR) is 49.8 cm³/mol. The van der Waals surface area contributed by atoms with E-state index in [1.165, 1.54) is 0 Å². The van der Waals surface area contributed by atoms with Crippen molar-refractivity contribution >= 4 is 27.4 Å². The fourth-order valence-corrected chi connectivity index (χ4v) is 1.49. The molecule has 0 aliphatic rings. The highest BCUT2D eigenvalue weighted by Crippen LogP contribution is 2.13. The van der Waals surface area contributed by atoms with E-state index in [1.54, 1.807) is 10.6 Å². The van der Waals surface area contributed by atoms with Crippen LogP contribution in [-0.4, -0.2) is 14.6 Å². The molecule has 2 aromatic rings. The lowest BCUT2D eigenvalue weighted by atomic mass is 10.4. The molecule has 5 heteroatoms. The molecule has 2 aromatic heterocycles. The Morgan fingerprint density at radius 1 is 1.50 bits per heavy atom. The average molecular weight is 227 g/mol. The van der Waals surface area contributed by atoms with E-state index >= 15 is 0 Å². The zero-order chi connectivity index (χ0) is 8.72. The molecule has 0 aliphatic carbocycles. The third kappa shape index (κ3) is 1.06. The summed E-state index contributed by atoms with van der Waals surface area (Å²) in [6, 6.07) is 3.61. The monoisotopic (exact) mass is 226 g/mol. The fraction of sp³-hybridized carbons (Fsp3) is 0.143. The Morgan fingerprint density at radius 2 is 2.25 bits per heavy atom. The molecule has 0 aromatic carbocycles. The Morgan fingerprint density at radius 3 is 3.00 bits per heavy atom. The van der Waals surface area contributed by atoms with Crippen molar-refractivity contribution in [3.05, 3.63) is 22.4 Å². The van der Waals surface area contributed by atoms with Crippen molar-refractivity contribution < 1.29 is 0 Å². The summed E-state index contributed by atoms with van der Waals surface area (Å²) >= 11 is 3.27. The molecule has 0 spiro atoms. The van der Waals surface area contributed by atoms with Crippen molar-refractivity contribution in [1.29, 1.82) is 0 Å². The first-order chi connectivity index (χ1) is 5.66. The van der Waals surface area contributed by atoms with Gasteiger partial charge < -0.3 is 5.73 Å². The van der Waals surface area contributed by atoms with E-state index in [4.69, 9.17) is 5.73 Å². The van der Waals surface area contributed by atoms with Gasteiger partial charge in [-0.25, -0.2) is 9.50 Å². The SMILES string of the molecule is Cc1cc(N)nc2cc(Br)nn12. The Hall–Kier alpha value is -1.10. The van der Waals surface area contributed by atoms with Gasteiger partial charge in [0.1, 0.15) is 10.4 Å². The van der Waals surface area contributed by atoms with Gasteiger partial charge in [0.25, 0.3) is 0 Å². The molecule has 0 amide bonds. The molecule has 0 fully saturated rings. The molecule has 0 radical (unpaired) electrons. The van der Waals surface area contributed by atoms with Crippen LogP contribution in [0.5, 0.6) is 0 Å². The number of rotatable bonds is 0. The molecule has 0 unspecified atom stereocenters. The molecular formula is C7H7BrN4. The number of anilines is 1. The minimum absolute atomic E-state index is 0.521. The lowest BCUT2D eigenvalue weighted by molar-refractivity contribution is 0.887. The summed E-state index contributed by atoms with van der Waals surface area (Å²) in [7, 11) is 0. The summed E-state index contributed by atoms with van der Waals surface area (Å²) in [5, 5.41) is 4.17. The standard InChI is InChI=1S/C7H7BrN4/c1-4-2-6(9)10-7-3-5(8)11-12(4)7/h2-3H,1H3,(H2,9,10). The topological polar surface area (TPSA) is 56.2 Å². The van der Waals surface area contributed by atoms with Gasteiger partial charge in [-0.2, -0.15) is 5.10 Å². The maximum atomic E-state index is 5.57. The smallest absolute Gasteiger partial charge is 0.158 e. The molecule has 62 valence electrons. The summed E-state index contributed by atoms with van der Waals surface area (Å²) in [5.74, 6) is 0.521. The van der Waals surface area contributed by atoms with Crippen LogP contribution in [0, 0.1) is 6.92 Å². The van der Waals surface area contributed by atoms with Crippen LogP contribution in [-0.2, 0) is 0 Å². The zero-order valence-corrected chi connectivity index (χ0v) is 8.04. The number of halogens is 1. The number of aryl methyl sites for hydroxylation is 1. The maximum absolute atomic E-state index is 5.57. The minimum atomic E-state index is 0.521. The first kappa shape index (κ1) is 7.54. The number of nitrogens with two attached hydrogens (primary N) is 1. The quantitative estimate of drug-likeness (QED) is 0.739. The summed E-state index contributed by atoms with van der Waals surface area (Å²) in [6.07, 6.45) is 0. The minimum Gasteiger partial charge on any atom is -0.384 e. The first-order valence-electron chi connectivity index (χ1n) is 3.45. The van der Waals surface area contributed by atoms with E-state index in [2.05, 4.69) is 26.0 Å². The van der Waals surface area contributed by atoms with E-state index in [1.807, 2.05) is 13.0 Å². The van der Waals surface area contributed by atoms with E-state index in [0.29, 0.717) is 5.82 Å². The Labute approximate surface area is 77.5 Å². The number of hydrogen-bond donors (Lipinski definition) is 1. The van der Waals surface area contributed by atoms with Gasteiger partial charge in [-0.1, -0.05) is 0 Å². The highest BCUT2D eigenvalue weighted by Gasteiger charge is 2.02. The molecule has 2 rings (SSSR count). The predicted octanol–water partition coefficient (Wildman–Crippen LogP) is 1.38. The molecule has 0 bridgehead atoms. The zero-order valence-electron chi connectivity index (χ0n) is 6.45. The van der Waals surface area contributed by atoms with Crippen LogP contribution in [0.3, 0.4) is 0 Å². The highest BCUT2D eigenvalue weighted by molar-refractivity contribution is 9.10. The fourth-order valence-electron chi connectivity index (χ4n) is 1.12. The molecule has 12 heavy (non-hydrogen) atoms. The average Bonchev–Trinajstić information content (AvgIpc) is 2.29. The summed E-state index contributed by atoms with van der Waals surface area (Å²) in [5.41, 5.74) is 7.30. The molecule has 4 nitrogen and oxygen atoms in total. The van der Waals surface area contributed by atoms with Crippen LogP contribution in [0.4, 0.5) is 5.82 Å². The van der Waals surface area contributed by atoms with Crippen molar-refractivity contribution in [1.82, 2.24) is 14.6 Å². The Bertz CT molecular complexity index is 434. The molecule has 0 aliphatic heterocycles. The van der Waals surface area contributed by atoms with Gasteiger partial charge in [-0.3, -0.25) is 0 Å². The highest BCUT2D eigenvalue weighted by atomic mass is 79.9. The van der Waals surface area contributed by atoms with Gasteiger partial charge >= 0.3 is 0 Å². The normalized spacial score (nSPS) is 10.8. The van der Waals surface area contributed by atoms with Crippen LogP contribution in [0.1, 0.15) is 5.69 Å². The third-order valence-corrected chi connectivity index (χ3v) is 1.98. The number of nitrogen functional groups attached to an aromatic ring is 1. The Kier molecular flexibility index (Phi) is 1.54. The molecule has 2 heterocycles. The van der Waals surface area contributed by atoms with Crippen LogP contribution < -0.4 is 5.73 Å². The lowest BCUT2D eigenvalue weighted by Gasteiger charge is -1.98. The second-order valence-electron chi connectivity index (χ2n) is 2.56. The number of aromatic nitrogens is 3. The van der Waals surface area contributed by atoms with Crippen LogP contribution in [0.25, 0.3) is 5.65 Å². The van der Waals surface area contributed by atoms with E-state index < -0.39 is 0 Å². The molecular weight excluding hydrogens is 220 g/mol. The second-order valence-corrected chi connectivity index (χ2v) is 3.37. The maximum Gasteiger partial charge on any atom is 0.158 e. The molecule has 0 saturated carbocycles. The van der Waals surface area contributed by atoms with Gasteiger partial charge in [-0.15, -0.1) is 0 Å². The summed E-state index contributed by atoms with van der Waals surface area (Å²) < 4.78 is 2.50. The largest absolute Gasteiger partial charge is 0.384 e. The van der Waals surface area contributed by atoms with Gasteiger partial charge in [-0.05, 0) is 22.9 Å². The molecule has 2 N–H and O–H groups in total. The third-order valence-electron chi connectivity index (χ3n) is 1.60. The van der Waals surface area contributed by atoms with Crippen molar-refractivity contribution in [3.8, 4) is 0 Å². The summed E-state index contributed by atoms with van der Waals surface area (Å²) in [4.78, 5) is 4.11. The van der Waals surface area contributed by atoms with Gasteiger partial charge in [0.05, 0.1) is 0 Å². The first-order valence-corrected chi connectivity index (χ1v) is 4.24. The van der Waals surface area contributed by atoms with E-state index in [-0.39, 0.29) is 0 Å². The lowest BCUT2D eigenvalue weighted by Crippen LogP contribution is -1.99. The van der Waals surface area contributed by atoms with Gasteiger partial charge in [0.15, 0.2) is 5.65 Å². The van der Waals surface area contributed by atoms with Crippen molar-refractivity contribution in [2.45, 2.75) is 6.92 Å².